The fourth-order valence-corrected chi connectivity index (χ4v) is 6.76. The van der Waals surface area contributed by atoms with Crippen molar-refractivity contribution in [1.82, 2.24) is 14.9 Å². The van der Waals surface area contributed by atoms with Crippen molar-refractivity contribution in [3.8, 4) is 17.1 Å². The topological polar surface area (TPSA) is 131 Å². The van der Waals surface area contributed by atoms with Crippen LogP contribution in [0.25, 0.3) is 17.0 Å². The van der Waals surface area contributed by atoms with Gasteiger partial charge >= 0.3 is 0 Å². The Morgan fingerprint density at radius 2 is 1.91 bits per heavy atom. The molecule has 3 fully saturated rings. The van der Waals surface area contributed by atoms with E-state index in [1.54, 1.807) is 25.1 Å². The molecular formula is C32H42ClN5O5. The molecular weight excluding hydrogens is 570 g/mol. The van der Waals surface area contributed by atoms with Gasteiger partial charge in [0.2, 0.25) is 5.91 Å². The van der Waals surface area contributed by atoms with Gasteiger partial charge in [-0.05, 0) is 58.2 Å². The number of nitrogens with zero attached hydrogens (tertiary/aromatic N) is 4. The summed E-state index contributed by atoms with van der Waals surface area (Å²) in [6.07, 6.45) is 2.65. The number of aliphatic hydroxyl groups excluding tert-OH is 1. The number of carbonyl (C=O) groups is 2. The molecule has 1 aliphatic carbocycles. The monoisotopic (exact) mass is 611 g/mol. The van der Waals surface area contributed by atoms with Crippen LogP contribution in [0, 0.1) is 18.3 Å². The normalized spacial score (nSPS) is 19.4. The van der Waals surface area contributed by atoms with Gasteiger partial charge < -0.3 is 30.1 Å². The van der Waals surface area contributed by atoms with Crippen molar-refractivity contribution in [2.45, 2.75) is 59.5 Å². The van der Waals surface area contributed by atoms with E-state index in [0.717, 1.165) is 37.9 Å². The van der Waals surface area contributed by atoms with Crippen molar-refractivity contribution in [2.75, 3.05) is 50.9 Å². The van der Waals surface area contributed by atoms with Crippen LogP contribution >= 0.6 is 11.6 Å². The maximum absolute atomic E-state index is 13.0. The molecule has 1 aromatic carbocycles. The number of anilines is 1. The number of ether oxygens (including phenoxy) is 2. The first-order valence-electron chi connectivity index (χ1n) is 15.1. The Balaban J connectivity index is 1.42. The van der Waals surface area contributed by atoms with Gasteiger partial charge in [0.25, 0.3) is 0 Å². The number of halogens is 1. The van der Waals surface area contributed by atoms with E-state index in [2.05, 4.69) is 4.90 Å². The minimum absolute atomic E-state index is 0.0578. The smallest absolute Gasteiger partial charge is 0.225 e. The summed E-state index contributed by atoms with van der Waals surface area (Å²) in [5.41, 5.74) is 8.80. The van der Waals surface area contributed by atoms with Gasteiger partial charge in [-0.2, -0.15) is 0 Å². The lowest BCUT2D eigenvalue weighted by Gasteiger charge is -2.59. The summed E-state index contributed by atoms with van der Waals surface area (Å²) < 4.78 is 11.3. The van der Waals surface area contributed by atoms with Crippen molar-refractivity contribution in [3.05, 3.63) is 40.2 Å². The quantitative estimate of drug-likeness (QED) is 0.383. The Bertz CT molecular complexity index is 1410. The zero-order valence-electron chi connectivity index (χ0n) is 25.5. The van der Waals surface area contributed by atoms with Gasteiger partial charge in [0.15, 0.2) is 11.6 Å². The van der Waals surface area contributed by atoms with Gasteiger partial charge in [-0.15, -0.1) is 0 Å². The molecule has 5 rings (SSSR count). The van der Waals surface area contributed by atoms with Crippen LogP contribution in [0.1, 0.15) is 57.7 Å². The standard InChI is InChI=1S/C32H42ClN5O5/c1-5-6-23(40)16-43-24-7-8-26(33)25(13-24)29-35-28(27(20(3)34)21(4)39)19(2)30(36-29)38-17-32(18-38)14-22(15-32)31(41)37-9-11-42-12-10-37/h7-8,13,22-23,40H,5-6,9-12,14-18,34H2,1-4H3/t23-/m1/s1. The number of aliphatic hydroxyl groups is 1. The van der Waals surface area contributed by atoms with E-state index in [4.69, 9.17) is 36.8 Å². The van der Waals surface area contributed by atoms with E-state index < -0.39 is 6.10 Å². The predicted octanol–water partition coefficient (Wildman–Crippen LogP) is 4.00. The van der Waals surface area contributed by atoms with Crippen LogP contribution < -0.4 is 15.4 Å². The van der Waals surface area contributed by atoms with Crippen LogP contribution in [0.4, 0.5) is 5.82 Å². The van der Waals surface area contributed by atoms with E-state index in [9.17, 15) is 14.7 Å². The molecule has 1 aromatic heterocycles. The van der Waals surface area contributed by atoms with Crippen LogP contribution in [-0.2, 0) is 14.3 Å². The van der Waals surface area contributed by atoms with Crippen molar-refractivity contribution in [2.24, 2.45) is 17.1 Å². The number of benzene rings is 1. The van der Waals surface area contributed by atoms with Gasteiger partial charge in [0.1, 0.15) is 18.2 Å². The van der Waals surface area contributed by atoms with Crippen molar-refractivity contribution in [1.29, 1.82) is 0 Å². The molecule has 43 heavy (non-hydrogen) atoms. The van der Waals surface area contributed by atoms with Crippen LogP contribution in [-0.4, -0.2) is 83.8 Å². The number of hydrogen-bond acceptors (Lipinski definition) is 9. The number of amides is 1. The average molecular weight is 612 g/mol. The molecule has 11 heteroatoms. The summed E-state index contributed by atoms with van der Waals surface area (Å²) in [6.45, 7) is 11.3. The zero-order valence-corrected chi connectivity index (χ0v) is 26.2. The second-order valence-corrected chi connectivity index (χ2v) is 12.7. The van der Waals surface area contributed by atoms with Crippen molar-refractivity contribution < 1.29 is 24.2 Å². The number of rotatable bonds is 10. The molecule has 3 N–H and O–H groups in total. The Hall–Kier alpha value is -3.21. The van der Waals surface area contributed by atoms with E-state index >= 15 is 0 Å². The maximum atomic E-state index is 13.0. The fourth-order valence-electron chi connectivity index (χ4n) is 6.56. The van der Waals surface area contributed by atoms with E-state index in [1.807, 2.05) is 18.7 Å². The first-order chi connectivity index (χ1) is 20.5. The summed E-state index contributed by atoms with van der Waals surface area (Å²) in [5.74, 6) is 1.72. The molecule has 2 aromatic rings. The SMILES string of the molecule is CCC[C@@H](O)COc1ccc(Cl)c(-c2nc(C(C(C)=O)=C(C)N)c(C)c(N3CC4(CC(C(=O)N5CCOCC5)C4)C3)n2)c1. The minimum Gasteiger partial charge on any atom is -0.491 e. The molecule has 3 aliphatic rings. The lowest BCUT2D eigenvalue weighted by molar-refractivity contribution is -0.148. The van der Waals surface area contributed by atoms with Crippen LogP contribution in [0.15, 0.2) is 23.9 Å². The lowest BCUT2D eigenvalue weighted by Crippen LogP contribution is -2.65. The Labute approximate surface area is 258 Å². The molecule has 3 heterocycles. The number of ketones is 1. The Kier molecular flexibility index (Phi) is 9.29. The van der Waals surface area contributed by atoms with Crippen molar-refractivity contribution in [3.63, 3.8) is 0 Å². The molecule has 1 saturated carbocycles. The van der Waals surface area contributed by atoms with Crippen LogP contribution in [0.2, 0.25) is 5.02 Å². The molecule has 1 amide bonds. The number of nitrogens with two attached hydrogens (primary N) is 1. The highest BCUT2D eigenvalue weighted by Crippen LogP contribution is 2.54. The predicted molar refractivity (Wildman–Crippen MR) is 166 cm³/mol. The number of morpholine rings is 1. The number of allylic oxidation sites excluding steroid dienone is 2. The van der Waals surface area contributed by atoms with Gasteiger partial charge in [0, 0.05) is 54.3 Å². The molecule has 1 atom stereocenters. The minimum atomic E-state index is -0.567. The number of carbonyl (C=O) groups excluding carboxylic acids is 2. The summed E-state index contributed by atoms with van der Waals surface area (Å²) in [7, 11) is 0. The number of aromatic nitrogens is 2. The third kappa shape index (κ3) is 6.51. The molecule has 0 radical (unpaired) electrons. The first-order valence-corrected chi connectivity index (χ1v) is 15.5. The van der Waals surface area contributed by atoms with Gasteiger partial charge in [-0.25, -0.2) is 9.97 Å². The number of hydrogen-bond donors (Lipinski definition) is 2. The highest BCUT2D eigenvalue weighted by atomic mass is 35.5. The Morgan fingerprint density at radius 1 is 1.21 bits per heavy atom. The third-order valence-electron chi connectivity index (χ3n) is 8.73. The van der Waals surface area contributed by atoms with Crippen molar-refractivity contribution >= 4 is 34.7 Å². The average Bonchev–Trinajstić information content (AvgIpc) is 2.93. The molecule has 0 bridgehead atoms. The lowest BCUT2D eigenvalue weighted by atomic mass is 9.57. The number of Topliss-reactive ketones (excluding diaryl/α,β-unsaturated/α-hetero) is 1. The maximum Gasteiger partial charge on any atom is 0.225 e. The summed E-state index contributed by atoms with van der Waals surface area (Å²) in [6, 6.07) is 5.22. The largest absolute Gasteiger partial charge is 0.491 e. The summed E-state index contributed by atoms with van der Waals surface area (Å²) >= 11 is 6.66. The second-order valence-electron chi connectivity index (χ2n) is 12.3. The Morgan fingerprint density at radius 3 is 2.53 bits per heavy atom. The highest BCUT2D eigenvalue weighted by Gasteiger charge is 2.55. The van der Waals surface area contributed by atoms with Crippen LogP contribution in [0.5, 0.6) is 5.75 Å². The molecule has 2 aliphatic heterocycles. The molecule has 2 saturated heterocycles. The molecule has 232 valence electrons. The zero-order chi connectivity index (χ0) is 30.9. The van der Waals surface area contributed by atoms with Gasteiger partial charge in [-0.3, -0.25) is 9.59 Å². The molecule has 0 unspecified atom stereocenters. The van der Waals surface area contributed by atoms with E-state index in [0.29, 0.717) is 77.7 Å². The van der Waals surface area contributed by atoms with Crippen LogP contribution in [0.3, 0.4) is 0 Å². The molecule has 10 nitrogen and oxygen atoms in total. The fraction of sp³-hybridized carbons (Fsp3) is 0.562. The van der Waals surface area contributed by atoms with E-state index in [1.165, 1.54) is 6.92 Å². The second kappa shape index (κ2) is 12.8. The molecule has 1 spiro atoms. The first kappa shape index (κ1) is 31.2. The summed E-state index contributed by atoms with van der Waals surface area (Å²) in [4.78, 5) is 39.6. The summed E-state index contributed by atoms with van der Waals surface area (Å²) in [5, 5.41) is 10.6. The van der Waals surface area contributed by atoms with Gasteiger partial charge in [0.05, 0.1) is 35.6 Å². The van der Waals surface area contributed by atoms with E-state index in [-0.39, 0.29) is 29.6 Å². The van der Waals surface area contributed by atoms with Gasteiger partial charge in [-0.1, -0.05) is 24.9 Å². The third-order valence-corrected chi connectivity index (χ3v) is 9.06. The highest BCUT2D eigenvalue weighted by molar-refractivity contribution is 6.33.